The molecule has 1 aromatic heterocycles. The number of carbonyl (C=O) groups excluding carboxylic acids is 2. The molecule has 0 saturated carbocycles. The minimum absolute atomic E-state index is 0.0206. The zero-order chi connectivity index (χ0) is 15.6. The summed E-state index contributed by atoms with van der Waals surface area (Å²) in [5.41, 5.74) is 0.0206. The number of hydrogen-bond donors (Lipinski definition) is 1. The molecule has 2 heterocycles. The van der Waals surface area contributed by atoms with E-state index in [4.69, 9.17) is 4.42 Å². The van der Waals surface area contributed by atoms with Crippen molar-refractivity contribution in [1.82, 2.24) is 15.1 Å². The molecule has 0 unspecified atom stereocenters. The number of nitrogens with one attached hydrogen (secondary N) is 1. The van der Waals surface area contributed by atoms with Crippen molar-refractivity contribution >= 4 is 11.8 Å². The maximum Gasteiger partial charge on any atom is 0.312 e. The molecule has 6 nitrogen and oxygen atoms in total. The third kappa shape index (κ3) is 4.07. The Labute approximate surface area is 125 Å². The highest BCUT2D eigenvalue weighted by molar-refractivity contribution is 6.35. The van der Waals surface area contributed by atoms with Crippen LogP contribution in [0.1, 0.15) is 32.3 Å². The van der Waals surface area contributed by atoms with Crippen molar-refractivity contribution < 1.29 is 14.0 Å². The first kappa shape index (κ1) is 15.6. The Kier molecular flexibility index (Phi) is 4.37. The zero-order valence-corrected chi connectivity index (χ0v) is 13.1. The van der Waals surface area contributed by atoms with E-state index in [0.29, 0.717) is 31.9 Å². The number of likely N-dealkylation sites (N-methyl/N-ethyl adjacent to an activating group) is 1. The van der Waals surface area contributed by atoms with Crippen LogP contribution >= 0.6 is 0 Å². The van der Waals surface area contributed by atoms with E-state index in [1.807, 2.05) is 12.1 Å². The fraction of sp³-hybridized carbons (Fsp3) is 0.600. The van der Waals surface area contributed by atoms with Crippen LogP contribution in [0.5, 0.6) is 0 Å². The summed E-state index contributed by atoms with van der Waals surface area (Å²) in [6.07, 6.45) is 0. The molecule has 6 heteroatoms. The van der Waals surface area contributed by atoms with Crippen LogP contribution in [-0.4, -0.2) is 47.3 Å². The molecule has 2 amide bonds. The normalized spacial score (nSPS) is 16.8. The molecule has 1 aliphatic rings. The zero-order valence-electron chi connectivity index (χ0n) is 13.1. The number of hydrogen-bond acceptors (Lipinski definition) is 4. The van der Waals surface area contributed by atoms with E-state index in [1.165, 1.54) is 9.80 Å². The summed E-state index contributed by atoms with van der Waals surface area (Å²) < 4.78 is 5.71. The van der Waals surface area contributed by atoms with E-state index in [-0.39, 0.29) is 5.54 Å². The van der Waals surface area contributed by atoms with Gasteiger partial charge in [0.1, 0.15) is 11.5 Å². The summed E-state index contributed by atoms with van der Waals surface area (Å²) in [4.78, 5) is 26.5. The third-order valence-corrected chi connectivity index (χ3v) is 3.38. The molecular formula is C15H23N3O3. The molecule has 0 aromatic carbocycles. The first-order chi connectivity index (χ1) is 9.76. The Morgan fingerprint density at radius 1 is 1.14 bits per heavy atom. The van der Waals surface area contributed by atoms with Gasteiger partial charge in [0.25, 0.3) is 0 Å². The second-order valence-electron chi connectivity index (χ2n) is 6.42. The highest BCUT2D eigenvalue weighted by atomic mass is 16.3. The van der Waals surface area contributed by atoms with Crippen molar-refractivity contribution in [2.45, 2.75) is 39.4 Å². The molecule has 1 fully saturated rings. The van der Waals surface area contributed by atoms with Crippen LogP contribution in [0.3, 0.4) is 0 Å². The lowest BCUT2D eigenvalue weighted by Gasteiger charge is -2.30. The van der Waals surface area contributed by atoms with Crippen molar-refractivity contribution in [3.05, 3.63) is 23.7 Å². The molecule has 1 aliphatic heterocycles. The maximum atomic E-state index is 11.9. The Bertz CT molecular complexity index is 531. The smallest absolute Gasteiger partial charge is 0.312 e. The predicted octanol–water partition coefficient (Wildman–Crippen LogP) is 0.968. The Hall–Kier alpha value is -1.82. The fourth-order valence-electron chi connectivity index (χ4n) is 2.07. The molecule has 0 bridgehead atoms. The van der Waals surface area contributed by atoms with E-state index in [2.05, 4.69) is 26.1 Å². The van der Waals surface area contributed by atoms with E-state index in [1.54, 1.807) is 7.05 Å². The van der Waals surface area contributed by atoms with Gasteiger partial charge in [-0.2, -0.15) is 0 Å². The quantitative estimate of drug-likeness (QED) is 0.840. The number of furan rings is 1. The average molecular weight is 293 g/mol. The van der Waals surface area contributed by atoms with Crippen molar-refractivity contribution in [3.8, 4) is 0 Å². The van der Waals surface area contributed by atoms with Gasteiger partial charge in [-0.1, -0.05) is 0 Å². The molecule has 0 aliphatic carbocycles. The largest absolute Gasteiger partial charge is 0.463 e. The Morgan fingerprint density at radius 3 is 2.48 bits per heavy atom. The molecule has 1 saturated heterocycles. The highest BCUT2D eigenvalue weighted by Gasteiger charge is 2.30. The molecule has 1 aromatic rings. The standard InChI is InChI=1S/C15H23N3O3/c1-15(2,3)16-9-11-5-6-12(21-11)10-18-8-7-17(4)13(19)14(18)20/h5-6,16H,7-10H2,1-4H3. The summed E-state index contributed by atoms with van der Waals surface area (Å²) in [5, 5.41) is 3.34. The van der Waals surface area contributed by atoms with E-state index < -0.39 is 11.8 Å². The van der Waals surface area contributed by atoms with Gasteiger partial charge in [-0.3, -0.25) is 9.59 Å². The number of nitrogens with zero attached hydrogens (tertiary/aromatic N) is 2. The van der Waals surface area contributed by atoms with Crippen LogP contribution in [0.2, 0.25) is 0 Å². The number of rotatable bonds is 4. The monoisotopic (exact) mass is 293 g/mol. The molecule has 21 heavy (non-hydrogen) atoms. The van der Waals surface area contributed by atoms with E-state index >= 15 is 0 Å². The van der Waals surface area contributed by atoms with Gasteiger partial charge < -0.3 is 19.5 Å². The molecule has 0 atom stereocenters. The van der Waals surface area contributed by atoms with Gasteiger partial charge in [-0.05, 0) is 32.9 Å². The molecule has 2 rings (SSSR count). The molecule has 116 valence electrons. The minimum Gasteiger partial charge on any atom is -0.463 e. The first-order valence-corrected chi connectivity index (χ1v) is 7.13. The molecular weight excluding hydrogens is 270 g/mol. The van der Waals surface area contributed by atoms with Crippen molar-refractivity contribution in [2.24, 2.45) is 0 Å². The highest BCUT2D eigenvalue weighted by Crippen LogP contribution is 2.14. The lowest BCUT2D eigenvalue weighted by Crippen LogP contribution is -2.52. The lowest BCUT2D eigenvalue weighted by molar-refractivity contribution is -0.155. The van der Waals surface area contributed by atoms with Gasteiger partial charge in [0.15, 0.2) is 0 Å². The summed E-state index contributed by atoms with van der Waals surface area (Å²) in [5.74, 6) is 0.608. The summed E-state index contributed by atoms with van der Waals surface area (Å²) in [6.45, 7) is 8.34. The second kappa shape index (κ2) is 5.89. The van der Waals surface area contributed by atoms with Crippen LogP contribution in [0.15, 0.2) is 16.5 Å². The number of piperazine rings is 1. The van der Waals surface area contributed by atoms with Crippen LogP contribution in [-0.2, 0) is 22.7 Å². The van der Waals surface area contributed by atoms with E-state index in [0.717, 1.165) is 5.76 Å². The van der Waals surface area contributed by atoms with Crippen molar-refractivity contribution in [1.29, 1.82) is 0 Å². The van der Waals surface area contributed by atoms with E-state index in [9.17, 15) is 9.59 Å². The van der Waals surface area contributed by atoms with Gasteiger partial charge in [0.2, 0.25) is 0 Å². The van der Waals surface area contributed by atoms with Gasteiger partial charge in [-0.15, -0.1) is 0 Å². The molecule has 0 spiro atoms. The summed E-state index contributed by atoms with van der Waals surface area (Å²) >= 11 is 0. The summed E-state index contributed by atoms with van der Waals surface area (Å²) in [7, 11) is 1.64. The Morgan fingerprint density at radius 2 is 1.81 bits per heavy atom. The second-order valence-corrected chi connectivity index (χ2v) is 6.42. The van der Waals surface area contributed by atoms with Gasteiger partial charge in [0, 0.05) is 25.7 Å². The molecule has 0 radical (unpaired) electrons. The fourth-order valence-corrected chi connectivity index (χ4v) is 2.07. The van der Waals surface area contributed by atoms with Crippen LogP contribution in [0.4, 0.5) is 0 Å². The number of carbonyl (C=O) groups is 2. The van der Waals surface area contributed by atoms with Gasteiger partial charge >= 0.3 is 11.8 Å². The minimum atomic E-state index is -0.463. The first-order valence-electron chi connectivity index (χ1n) is 7.13. The average Bonchev–Trinajstić information content (AvgIpc) is 2.84. The number of amides is 2. The third-order valence-electron chi connectivity index (χ3n) is 3.38. The van der Waals surface area contributed by atoms with Gasteiger partial charge in [-0.25, -0.2) is 0 Å². The van der Waals surface area contributed by atoms with Crippen LogP contribution in [0.25, 0.3) is 0 Å². The predicted molar refractivity (Wildman–Crippen MR) is 78.4 cm³/mol. The maximum absolute atomic E-state index is 11.9. The SMILES string of the molecule is CN1CCN(Cc2ccc(CNC(C)(C)C)o2)C(=O)C1=O. The van der Waals surface area contributed by atoms with Crippen molar-refractivity contribution in [3.63, 3.8) is 0 Å². The van der Waals surface area contributed by atoms with Crippen LogP contribution in [0, 0.1) is 0 Å². The van der Waals surface area contributed by atoms with Gasteiger partial charge in [0.05, 0.1) is 13.1 Å². The molecule has 1 N–H and O–H groups in total. The van der Waals surface area contributed by atoms with Crippen molar-refractivity contribution in [2.75, 3.05) is 20.1 Å². The Balaban J connectivity index is 1.93. The van der Waals surface area contributed by atoms with Crippen LogP contribution < -0.4 is 5.32 Å². The topological polar surface area (TPSA) is 65.8 Å². The lowest BCUT2D eigenvalue weighted by atomic mass is 10.1. The summed E-state index contributed by atoms with van der Waals surface area (Å²) in [6, 6.07) is 3.76.